The van der Waals surface area contributed by atoms with Crippen molar-refractivity contribution in [3.63, 3.8) is 0 Å². The fraction of sp³-hybridized carbons (Fsp3) is 0.176. The first kappa shape index (κ1) is 17.3. The predicted molar refractivity (Wildman–Crippen MR) is 92.6 cm³/mol. The van der Waals surface area contributed by atoms with E-state index in [4.69, 9.17) is 28.5 Å². The molecular formula is C17H15Cl2N3O. The molecule has 4 nitrogen and oxygen atoms in total. The molecule has 0 fully saturated rings. The summed E-state index contributed by atoms with van der Waals surface area (Å²) in [6.45, 7) is 0.874. The molecule has 23 heavy (non-hydrogen) atoms. The second kappa shape index (κ2) is 7.98. The van der Waals surface area contributed by atoms with Crippen LogP contribution in [0.3, 0.4) is 0 Å². The van der Waals surface area contributed by atoms with E-state index in [1.807, 2.05) is 42.3 Å². The molecule has 0 radical (unpaired) electrons. The Hall–Kier alpha value is -2.06. The van der Waals surface area contributed by atoms with Gasteiger partial charge in [-0.2, -0.15) is 5.26 Å². The summed E-state index contributed by atoms with van der Waals surface area (Å²) in [7, 11) is 1.86. The number of benzene rings is 2. The molecule has 1 N–H and O–H groups in total. The molecule has 0 heterocycles. The minimum atomic E-state index is -0.151. The molecule has 2 rings (SSSR count). The number of rotatable bonds is 5. The number of likely N-dealkylation sites (N-methyl/N-ethyl adjacent to an activating group) is 1. The Kier molecular flexibility index (Phi) is 6.00. The van der Waals surface area contributed by atoms with Crippen LogP contribution in [0.2, 0.25) is 10.0 Å². The number of hydrogen-bond donors (Lipinski definition) is 1. The van der Waals surface area contributed by atoms with E-state index in [1.54, 1.807) is 18.2 Å². The van der Waals surface area contributed by atoms with Crippen molar-refractivity contribution in [1.82, 2.24) is 4.90 Å². The van der Waals surface area contributed by atoms with Crippen LogP contribution in [-0.2, 0) is 11.3 Å². The van der Waals surface area contributed by atoms with Gasteiger partial charge in [-0.15, -0.1) is 0 Å². The summed E-state index contributed by atoms with van der Waals surface area (Å²) in [5.41, 5.74) is 2.02. The van der Waals surface area contributed by atoms with Gasteiger partial charge in [0.25, 0.3) is 0 Å². The smallest absolute Gasteiger partial charge is 0.238 e. The standard InChI is InChI=1S/C17H15Cl2N3O/c1-22(10-12-2-5-14(18)6-3-12)11-17(23)21-15-7-4-13(9-20)16(19)8-15/h2-8H,10-11H2,1H3,(H,21,23). The topological polar surface area (TPSA) is 56.1 Å². The summed E-state index contributed by atoms with van der Waals surface area (Å²) >= 11 is 11.8. The molecule has 0 aliphatic carbocycles. The Labute approximate surface area is 145 Å². The minimum absolute atomic E-state index is 0.151. The Morgan fingerprint density at radius 1 is 1.22 bits per heavy atom. The van der Waals surface area contributed by atoms with Gasteiger partial charge in [-0.25, -0.2) is 0 Å². The molecule has 0 unspecified atom stereocenters. The van der Waals surface area contributed by atoms with Gasteiger partial charge in [0.1, 0.15) is 6.07 Å². The third-order valence-corrected chi connectivity index (χ3v) is 3.72. The quantitative estimate of drug-likeness (QED) is 0.891. The van der Waals surface area contributed by atoms with E-state index in [1.165, 1.54) is 0 Å². The second-order valence-corrected chi connectivity index (χ2v) is 6.00. The third-order valence-electron chi connectivity index (χ3n) is 3.15. The van der Waals surface area contributed by atoms with Crippen LogP contribution >= 0.6 is 23.2 Å². The van der Waals surface area contributed by atoms with Gasteiger partial charge in [0.15, 0.2) is 0 Å². The molecule has 0 spiro atoms. The van der Waals surface area contributed by atoms with Gasteiger partial charge < -0.3 is 5.32 Å². The van der Waals surface area contributed by atoms with Crippen LogP contribution < -0.4 is 5.32 Å². The zero-order chi connectivity index (χ0) is 16.8. The molecule has 0 saturated carbocycles. The average molecular weight is 348 g/mol. The normalized spacial score (nSPS) is 10.4. The highest BCUT2D eigenvalue weighted by molar-refractivity contribution is 6.32. The summed E-state index contributed by atoms with van der Waals surface area (Å²) in [6, 6.07) is 14.3. The van der Waals surface area contributed by atoms with E-state index >= 15 is 0 Å². The molecule has 0 aliphatic heterocycles. The Morgan fingerprint density at radius 3 is 2.52 bits per heavy atom. The van der Waals surface area contributed by atoms with Gasteiger partial charge in [-0.05, 0) is 42.9 Å². The first-order chi connectivity index (χ1) is 11.0. The number of carbonyl (C=O) groups is 1. The van der Waals surface area contributed by atoms with E-state index in [2.05, 4.69) is 5.32 Å². The summed E-state index contributed by atoms with van der Waals surface area (Å²) in [5, 5.41) is 12.6. The van der Waals surface area contributed by atoms with Crippen LogP contribution in [0.1, 0.15) is 11.1 Å². The van der Waals surface area contributed by atoms with Gasteiger partial charge >= 0.3 is 0 Å². The van der Waals surface area contributed by atoms with E-state index < -0.39 is 0 Å². The largest absolute Gasteiger partial charge is 0.325 e. The first-order valence-corrected chi connectivity index (χ1v) is 7.66. The number of nitrogens with zero attached hydrogens (tertiary/aromatic N) is 2. The maximum absolute atomic E-state index is 12.1. The van der Waals surface area contributed by atoms with E-state index in [9.17, 15) is 4.79 Å². The van der Waals surface area contributed by atoms with E-state index in [0.29, 0.717) is 27.8 Å². The van der Waals surface area contributed by atoms with Crippen LogP contribution in [0.5, 0.6) is 0 Å². The number of anilines is 1. The lowest BCUT2D eigenvalue weighted by Gasteiger charge is -2.16. The fourth-order valence-corrected chi connectivity index (χ4v) is 2.44. The van der Waals surface area contributed by atoms with Crippen LogP contribution in [-0.4, -0.2) is 24.4 Å². The van der Waals surface area contributed by atoms with Gasteiger partial charge in [-0.1, -0.05) is 35.3 Å². The van der Waals surface area contributed by atoms with Crippen LogP contribution in [0, 0.1) is 11.3 Å². The van der Waals surface area contributed by atoms with Crippen LogP contribution in [0.4, 0.5) is 5.69 Å². The molecule has 2 aromatic carbocycles. The molecule has 0 aliphatic rings. The monoisotopic (exact) mass is 347 g/mol. The van der Waals surface area contributed by atoms with Gasteiger partial charge in [0.2, 0.25) is 5.91 Å². The molecule has 0 aromatic heterocycles. The summed E-state index contributed by atoms with van der Waals surface area (Å²) < 4.78 is 0. The van der Waals surface area contributed by atoms with Crippen molar-refractivity contribution in [2.24, 2.45) is 0 Å². The Morgan fingerprint density at radius 2 is 1.91 bits per heavy atom. The number of nitrogens with one attached hydrogen (secondary N) is 1. The highest BCUT2D eigenvalue weighted by atomic mass is 35.5. The number of carbonyl (C=O) groups excluding carboxylic acids is 1. The van der Waals surface area contributed by atoms with Gasteiger partial charge in [0, 0.05) is 17.3 Å². The Bertz CT molecular complexity index is 738. The lowest BCUT2D eigenvalue weighted by molar-refractivity contribution is -0.117. The van der Waals surface area contributed by atoms with Crippen molar-refractivity contribution in [3.05, 3.63) is 63.6 Å². The minimum Gasteiger partial charge on any atom is -0.325 e. The zero-order valence-corrected chi connectivity index (χ0v) is 14.0. The van der Waals surface area contributed by atoms with Crippen molar-refractivity contribution >= 4 is 34.8 Å². The molecule has 1 amide bonds. The number of hydrogen-bond acceptors (Lipinski definition) is 3. The average Bonchev–Trinajstić information content (AvgIpc) is 2.49. The second-order valence-electron chi connectivity index (χ2n) is 5.15. The van der Waals surface area contributed by atoms with Crippen molar-refractivity contribution in [3.8, 4) is 6.07 Å². The van der Waals surface area contributed by atoms with Crippen molar-refractivity contribution in [2.75, 3.05) is 18.9 Å². The summed E-state index contributed by atoms with van der Waals surface area (Å²) in [6.07, 6.45) is 0. The molecular weight excluding hydrogens is 333 g/mol. The number of amides is 1. The van der Waals surface area contributed by atoms with Gasteiger partial charge in [0.05, 0.1) is 17.1 Å². The van der Waals surface area contributed by atoms with Crippen molar-refractivity contribution < 1.29 is 4.79 Å². The molecule has 0 atom stereocenters. The predicted octanol–water partition coefficient (Wildman–Crippen LogP) is 3.94. The molecule has 2 aromatic rings. The molecule has 118 valence electrons. The van der Waals surface area contributed by atoms with Crippen LogP contribution in [0.15, 0.2) is 42.5 Å². The van der Waals surface area contributed by atoms with Crippen molar-refractivity contribution in [2.45, 2.75) is 6.54 Å². The SMILES string of the molecule is CN(CC(=O)Nc1ccc(C#N)c(Cl)c1)Cc1ccc(Cl)cc1. The molecule has 0 saturated heterocycles. The first-order valence-electron chi connectivity index (χ1n) is 6.90. The lowest BCUT2D eigenvalue weighted by Crippen LogP contribution is -2.29. The van der Waals surface area contributed by atoms with Crippen LogP contribution in [0.25, 0.3) is 0 Å². The highest BCUT2D eigenvalue weighted by Gasteiger charge is 2.09. The van der Waals surface area contributed by atoms with Crippen molar-refractivity contribution in [1.29, 1.82) is 5.26 Å². The summed E-state index contributed by atoms with van der Waals surface area (Å²) in [4.78, 5) is 13.9. The fourth-order valence-electron chi connectivity index (χ4n) is 2.09. The third kappa shape index (κ3) is 5.26. The van der Waals surface area contributed by atoms with E-state index in [-0.39, 0.29) is 12.5 Å². The molecule has 0 bridgehead atoms. The maximum Gasteiger partial charge on any atom is 0.238 e. The van der Waals surface area contributed by atoms with E-state index in [0.717, 1.165) is 5.56 Å². The number of nitriles is 1. The van der Waals surface area contributed by atoms with Gasteiger partial charge in [-0.3, -0.25) is 9.69 Å². The summed E-state index contributed by atoms with van der Waals surface area (Å²) in [5.74, 6) is -0.151. The molecule has 6 heteroatoms. The Balaban J connectivity index is 1.90. The maximum atomic E-state index is 12.1. The lowest BCUT2D eigenvalue weighted by atomic mass is 10.2. The highest BCUT2D eigenvalue weighted by Crippen LogP contribution is 2.20. The zero-order valence-electron chi connectivity index (χ0n) is 12.5. The number of halogens is 2.